The number of carbonyl (C=O) groups is 1. The fourth-order valence-corrected chi connectivity index (χ4v) is 2.09. The monoisotopic (exact) mass is 278 g/mol. The van der Waals surface area contributed by atoms with Crippen molar-refractivity contribution in [2.45, 2.75) is 31.8 Å². The maximum Gasteiger partial charge on any atom is 0.224 e. The lowest BCUT2D eigenvalue weighted by Gasteiger charge is -2.12. The lowest BCUT2D eigenvalue weighted by Crippen LogP contribution is -2.16. The summed E-state index contributed by atoms with van der Waals surface area (Å²) >= 11 is 0. The molecule has 1 aliphatic rings. The van der Waals surface area contributed by atoms with Crippen molar-refractivity contribution in [3.63, 3.8) is 0 Å². The van der Waals surface area contributed by atoms with Crippen molar-refractivity contribution in [2.24, 2.45) is 5.73 Å². The predicted molar refractivity (Wildman–Crippen MR) is 77.8 cm³/mol. The Bertz CT molecular complexity index is 414. The molecule has 0 bridgehead atoms. The Morgan fingerprint density at radius 3 is 2.85 bits per heavy atom. The Hall–Kier alpha value is -1.59. The third-order valence-electron chi connectivity index (χ3n) is 3.21. The highest BCUT2D eigenvalue weighted by molar-refractivity contribution is 5.90. The first-order chi connectivity index (χ1) is 9.78. The fourth-order valence-electron chi connectivity index (χ4n) is 2.09. The molecule has 1 aromatic carbocycles. The van der Waals surface area contributed by atoms with E-state index in [1.165, 1.54) is 0 Å². The van der Waals surface area contributed by atoms with E-state index in [2.05, 4.69) is 5.32 Å². The first-order valence-corrected chi connectivity index (χ1v) is 7.12. The molecule has 20 heavy (non-hydrogen) atoms. The summed E-state index contributed by atoms with van der Waals surface area (Å²) in [4.78, 5) is 11.5. The van der Waals surface area contributed by atoms with E-state index in [4.69, 9.17) is 15.2 Å². The van der Waals surface area contributed by atoms with Gasteiger partial charge in [-0.2, -0.15) is 0 Å². The molecule has 110 valence electrons. The van der Waals surface area contributed by atoms with Crippen molar-refractivity contribution in [3.05, 3.63) is 24.3 Å². The van der Waals surface area contributed by atoms with Gasteiger partial charge >= 0.3 is 0 Å². The van der Waals surface area contributed by atoms with Gasteiger partial charge in [0.1, 0.15) is 12.4 Å². The highest BCUT2D eigenvalue weighted by atomic mass is 16.5. The number of anilines is 1. The molecule has 1 heterocycles. The molecule has 0 radical (unpaired) electrons. The molecule has 5 heteroatoms. The molecular formula is C15H22N2O3. The van der Waals surface area contributed by atoms with Crippen LogP contribution >= 0.6 is 0 Å². The molecule has 3 N–H and O–H groups in total. The van der Waals surface area contributed by atoms with Gasteiger partial charge in [0, 0.05) is 18.7 Å². The van der Waals surface area contributed by atoms with Crippen LogP contribution in [-0.4, -0.2) is 31.8 Å². The van der Waals surface area contributed by atoms with Gasteiger partial charge in [-0.25, -0.2) is 0 Å². The first kappa shape index (κ1) is 14.8. The van der Waals surface area contributed by atoms with Crippen LogP contribution < -0.4 is 15.8 Å². The van der Waals surface area contributed by atoms with Crippen molar-refractivity contribution in [1.82, 2.24) is 0 Å². The third kappa shape index (κ3) is 4.83. The molecule has 1 atom stereocenters. The summed E-state index contributed by atoms with van der Waals surface area (Å²) in [6.45, 7) is 1.95. The first-order valence-electron chi connectivity index (χ1n) is 7.12. The van der Waals surface area contributed by atoms with Crippen LogP contribution in [0.5, 0.6) is 5.75 Å². The molecule has 0 saturated carbocycles. The highest BCUT2D eigenvalue weighted by Gasteiger charge is 2.15. The molecule has 1 amide bonds. The van der Waals surface area contributed by atoms with Crippen molar-refractivity contribution >= 4 is 11.6 Å². The van der Waals surface area contributed by atoms with Gasteiger partial charge in [-0.05, 0) is 50.1 Å². The van der Waals surface area contributed by atoms with E-state index in [1.807, 2.05) is 24.3 Å². The normalized spacial score (nSPS) is 17.9. The van der Waals surface area contributed by atoms with Crippen molar-refractivity contribution in [3.8, 4) is 5.75 Å². The van der Waals surface area contributed by atoms with Crippen LogP contribution in [0.1, 0.15) is 25.7 Å². The van der Waals surface area contributed by atoms with Crippen LogP contribution in [0.4, 0.5) is 5.69 Å². The Kier molecular flexibility index (Phi) is 5.83. The van der Waals surface area contributed by atoms with Gasteiger partial charge in [0.25, 0.3) is 0 Å². The summed E-state index contributed by atoms with van der Waals surface area (Å²) in [6, 6.07) is 7.39. The molecule has 0 aromatic heterocycles. The molecule has 1 aromatic rings. The Morgan fingerprint density at radius 1 is 1.40 bits per heavy atom. The van der Waals surface area contributed by atoms with Gasteiger partial charge in [0.2, 0.25) is 5.91 Å². The smallest absolute Gasteiger partial charge is 0.224 e. The van der Waals surface area contributed by atoms with Crippen LogP contribution in [0, 0.1) is 0 Å². The summed E-state index contributed by atoms with van der Waals surface area (Å²) in [5, 5.41) is 2.83. The van der Waals surface area contributed by atoms with E-state index >= 15 is 0 Å². The Morgan fingerprint density at radius 2 is 2.20 bits per heavy atom. The predicted octanol–water partition coefficient (Wildman–Crippen LogP) is 1.92. The second-order valence-electron chi connectivity index (χ2n) is 4.91. The average molecular weight is 278 g/mol. The number of hydrogen-bond acceptors (Lipinski definition) is 4. The molecule has 1 unspecified atom stereocenters. The number of amides is 1. The van der Waals surface area contributed by atoms with Crippen LogP contribution in [0.2, 0.25) is 0 Å². The summed E-state index contributed by atoms with van der Waals surface area (Å²) in [5.74, 6) is 0.781. The number of ether oxygens (including phenoxy) is 2. The number of carbonyl (C=O) groups excluding carboxylic acids is 1. The SMILES string of the molecule is NCCCC(=O)Nc1ccc(OCC2CCCO2)cc1. The number of hydrogen-bond donors (Lipinski definition) is 2. The summed E-state index contributed by atoms with van der Waals surface area (Å²) in [5.41, 5.74) is 6.14. The van der Waals surface area contributed by atoms with Crippen LogP contribution in [0.3, 0.4) is 0 Å². The number of benzene rings is 1. The standard InChI is InChI=1S/C15H22N2O3/c16-9-1-4-15(18)17-12-5-7-13(8-6-12)20-11-14-3-2-10-19-14/h5-8,14H,1-4,9-11,16H2,(H,17,18). The highest BCUT2D eigenvalue weighted by Crippen LogP contribution is 2.18. The maximum atomic E-state index is 11.5. The van der Waals surface area contributed by atoms with Gasteiger partial charge in [-0.3, -0.25) is 4.79 Å². The van der Waals surface area contributed by atoms with Gasteiger partial charge in [0.15, 0.2) is 0 Å². The van der Waals surface area contributed by atoms with Crippen molar-refractivity contribution in [2.75, 3.05) is 25.1 Å². The largest absolute Gasteiger partial charge is 0.491 e. The quantitative estimate of drug-likeness (QED) is 0.799. The minimum absolute atomic E-state index is 0.0107. The van der Waals surface area contributed by atoms with E-state index in [1.54, 1.807) is 0 Å². The second-order valence-corrected chi connectivity index (χ2v) is 4.91. The Balaban J connectivity index is 1.75. The number of rotatable bonds is 7. The van der Waals surface area contributed by atoms with Crippen LogP contribution in [0.15, 0.2) is 24.3 Å². The zero-order chi connectivity index (χ0) is 14.2. The molecular weight excluding hydrogens is 256 g/mol. The molecule has 2 rings (SSSR count). The van der Waals surface area contributed by atoms with Gasteiger partial charge < -0.3 is 20.5 Å². The summed E-state index contributed by atoms with van der Waals surface area (Å²) < 4.78 is 11.2. The Labute approximate surface area is 119 Å². The zero-order valence-electron chi connectivity index (χ0n) is 11.6. The fraction of sp³-hybridized carbons (Fsp3) is 0.533. The molecule has 0 spiro atoms. The number of nitrogens with two attached hydrogens (primary N) is 1. The lowest BCUT2D eigenvalue weighted by molar-refractivity contribution is -0.116. The van der Waals surface area contributed by atoms with Gasteiger partial charge in [0.05, 0.1) is 6.10 Å². The molecule has 1 aliphatic heterocycles. The van der Waals surface area contributed by atoms with Gasteiger partial charge in [-0.15, -0.1) is 0 Å². The molecule has 5 nitrogen and oxygen atoms in total. The van der Waals surface area contributed by atoms with E-state index in [0.29, 0.717) is 26.0 Å². The average Bonchev–Trinajstić information content (AvgIpc) is 2.98. The summed E-state index contributed by atoms with van der Waals surface area (Å²) in [7, 11) is 0. The van der Waals surface area contributed by atoms with Crippen molar-refractivity contribution < 1.29 is 14.3 Å². The van der Waals surface area contributed by atoms with E-state index in [0.717, 1.165) is 30.9 Å². The van der Waals surface area contributed by atoms with Crippen LogP contribution in [-0.2, 0) is 9.53 Å². The summed E-state index contributed by atoms with van der Waals surface area (Å²) in [6.07, 6.45) is 3.55. The van der Waals surface area contributed by atoms with Crippen molar-refractivity contribution in [1.29, 1.82) is 0 Å². The zero-order valence-corrected chi connectivity index (χ0v) is 11.6. The van der Waals surface area contributed by atoms with E-state index in [-0.39, 0.29) is 12.0 Å². The van der Waals surface area contributed by atoms with Crippen LogP contribution in [0.25, 0.3) is 0 Å². The van der Waals surface area contributed by atoms with E-state index in [9.17, 15) is 4.79 Å². The maximum absolute atomic E-state index is 11.5. The molecule has 1 saturated heterocycles. The number of nitrogens with one attached hydrogen (secondary N) is 1. The topological polar surface area (TPSA) is 73.6 Å². The minimum atomic E-state index is -0.0107. The third-order valence-corrected chi connectivity index (χ3v) is 3.21. The van der Waals surface area contributed by atoms with E-state index < -0.39 is 0 Å². The lowest BCUT2D eigenvalue weighted by atomic mass is 10.2. The molecule has 1 fully saturated rings. The molecule has 0 aliphatic carbocycles. The van der Waals surface area contributed by atoms with Gasteiger partial charge in [-0.1, -0.05) is 0 Å². The second kappa shape index (κ2) is 7.87. The minimum Gasteiger partial charge on any atom is -0.491 e.